The van der Waals surface area contributed by atoms with Crippen molar-refractivity contribution in [1.29, 1.82) is 0 Å². The van der Waals surface area contributed by atoms with E-state index in [1.807, 2.05) is 31.2 Å². The van der Waals surface area contributed by atoms with Crippen LogP contribution < -0.4 is 14.5 Å². The van der Waals surface area contributed by atoms with Gasteiger partial charge in [0.1, 0.15) is 11.5 Å². The third kappa shape index (κ3) is 10.3. The summed E-state index contributed by atoms with van der Waals surface area (Å²) in [5.74, 6) is -0.515. The molecule has 3 aromatic carbocycles. The Labute approximate surface area is 273 Å². The van der Waals surface area contributed by atoms with Gasteiger partial charge in [-0.3, -0.25) is 9.59 Å². The quantitative estimate of drug-likeness (QED) is 0.0464. The number of hydrazone groups is 1. The lowest BCUT2D eigenvalue weighted by Gasteiger charge is -2.13. The first-order valence-electron chi connectivity index (χ1n) is 16.6. The SMILES string of the molecule is CCCCCCCCCCCCOc1ccc(C(=O)Oc2ccc(C(=O)/C=C/C3C(=O)N(c4ccc(C)cc4)N=C3C)cc2)cc1. The van der Waals surface area contributed by atoms with E-state index < -0.39 is 11.9 Å². The molecule has 0 saturated heterocycles. The van der Waals surface area contributed by atoms with E-state index in [4.69, 9.17) is 9.47 Å². The topological polar surface area (TPSA) is 85.3 Å². The Morgan fingerprint density at radius 1 is 0.739 bits per heavy atom. The number of ketones is 1. The Hall–Kier alpha value is -4.52. The van der Waals surface area contributed by atoms with Crippen molar-refractivity contribution in [3.05, 3.63) is 102 Å². The lowest BCUT2D eigenvalue weighted by molar-refractivity contribution is -0.118. The molecular weight excluding hydrogens is 576 g/mol. The summed E-state index contributed by atoms with van der Waals surface area (Å²) < 4.78 is 11.3. The number of hydrogen-bond acceptors (Lipinski definition) is 6. The van der Waals surface area contributed by atoms with Crippen molar-refractivity contribution in [2.75, 3.05) is 11.6 Å². The maximum absolute atomic E-state index is 13.0. The molecule has 1 atom stereocenters. The summed E-state index contributed by atoms with van der Waals surface area (Å²) in [7, 11) is 0. The highest BCUT2D eigenvalue weighted by atomic mass is 16.5. The van der Waals surface area contributed by atoms with E-state index in [1.54, 1.807) is 61.5 Å². The lowest BCUT2D eigenvalue weighted by atomic mass is 10.0. The molecule has 3 aromatic rings. The summed E-state index contributed by atoms with van der Waals surface area (Å²) in [6, 6.07) is 20.8. The number of unbranched alkanes of at least 4 members (excludes halogenated alkanes) is 9. The molecule has 0 saturated carbocycles. The summed E-state index contributed by atoms with van der Waals surface area (Å²) in [5.41, 5.74) is 3.22. The molecule has 0 fully saturated rings. The van der Waals surface area contributed by atoms with Gasteiger partial charge in [-0.05, 0) is 87.0 Å². The molecule has 242 valence electrons. The zero-order valence-electron chi connectivity index (χ0n) is 27.4. The number of hydrogen-bond donors (Lipinski definition) is 0. The molecule has 1 aliphatic heterocycles. The van der Waals surface area contributed by atoms with Crippen LogP contribution in [0.25, 0.3) is 0 Å². The summed E-state index contributed by atoms with van der Waals surface area (Å²) >= 11 is 0. The van der Waals surface area contributed by atoms with Crippen LogP contribution in [-0.2, 0) is 4.79 Å². The Morgan fingerprint density at radius 2 is 1.30 bits per heavy atom. The number of allylic oxidation sites excluding steroid dienone is 1. The molecule has 7 nitrogen and oxygen atoms in total. The van der Waals surface area contributed by atoms with Crippen LogP contribution >= 0.6 is 0 Å². The number of esters is 1. The fourth-order valence-electron chi connectivity index (χ4n) is 5.27. The third-order valence-electron chi connectivity index (χ3n) is 8.11. The zero-order chi connectivity index (χ0) is 32.7. The van der Waals surface area contributed by atoms with E-state index in [9.17, 15) is 14.4 Å². The molecule has 7 heteroatoms. The van der Waals surface area contributed by atoms with Gasteiger partial charge < -0.3 is 9.47 Å². The van der Waals surface area contributed by atoms with Crippen LogP contribution in [0.5, 0.6) is 11.5 Å². The molecule has 46 heavy (non-hydrogen) atoms. The lowest BCUT2D eigenvalue weighted by Crippen LogP contribution is -2.26. The average Bonchev–Trinajstić information content (AvgIpc) is 3.35. The number of anilines is 1. The summed E-state index contributed by atoms with van der Waals surface area (Å²) in [6.45, 7) is 6.66. The van der Waals surface area contributed by atoms with Crippen molar-refractivity contribution in [2.45, 2.75) is 85.0 Å². The van der Waals surface area contributed by atoms with Crippen molar-refractivity contribution >= 4 is 29.1 Å². The number of amides is 1. The highest BCUT2D eigenvalue weighted by Crippen LogP contribution is 2.25. The first-order chi connectivity index (χ1) is 22.4. The second-order valence-electron chi connectivity index (χ2n) is 11.9. The molecule has 1 unspecified atom stereocenters. The molecule has 4 rings (SSSR count). The molecule has 1 amide bonds. The van der Waals surface area contributed by atoms with E-state index in [0.717, 1.165) is 17.7 Å². The number of carbonyl (C=O) groups is 3. The minimum atomic E-state index is -0.609. The Bertz CT molecular complexity index is 1490. The maximum Gasteiger partial charge on any atom is 0.343 e. The van der Waals surface area contributed by atoms with E-state index in [-0.39, 0.29) is 11.7 Å². The predicted molar refractivity (Wildman–Crippen MR) is 184 cm³/mol. The standard InChI is InChI=1S/C39H46N2O5/c1-4-5-6-7-8-9-10-11-12-13-28-45-34-22-18-32(19-23-34)39(44)46-35-24-16-31(17-25-35)37(42)27-26-36-30(3)40-41(38(36)43)33-20-14-29(2)15-21-33/h14-27,36H,4-13,28H2,1-3H3/b27-26+. The van der Waals surface area contributed by atoms with Crippen molar-refractivity contribution in [3.63, 3.8) is 0 Å². The van der Waals surface area contributed by atoms with E-state index in [1.165, 1.54) is 68.9 Å². The fourth-order valence-corrected chi connectivity index (χ4v) is 5.27. The zero-order valence-corrected chi connectivity index (χ0v) is 27.4. The fraction of sp³-hybridized carbons (Fsp3) is 0.385. The smallest absolute Gasteiger partial charge is 0.343 e. The molecule has 1 heterocycles. The summed E-state index contributed by atoms with van der Waals surface area (Å²) in [5, 5.41) is 5.76. The molecular formula is C39H46N2O5. The van der Waals surface area contributed by atoms with Crippen molar-refractivity contribution < 1.29 is 23.9 Å². The van der Waals surface area contributed by atoms with Crippen LogP contribution in [-0.4, -0.2) is 30.0 Å². The highest BCUT2D eigenvalue weighted by molar-refractivity contribution is 6.17. The van der Waals surface area contributed by atoms with Gasteiger partial charge in [0.2, 0.25) is 0 Å². The van der Waals surface area contributed by atoms with Gasteiger partial charge in [-0.1, -0.05) is 88.5 Å². The molecule has 0 aromatic heterocycles. The van der Waals surface area contributed by atoms with Gasteiger partial charge >= 0.3 is 5.97 Å². The maximum atomic E-state index is 13.0. The first-order valence-corrected chi connectivity index (χ1v) is 16.6. The number of benzene rings is 3. The van der Waals surface area contributed by atoms with Crippen LogP contribution in [0.2, 0.25) is 0 Å². The Morgan fingerprint density at radius 3 is 1.93 bits per heavy atom. The normalized spacial score (nSPS) is 14.5. The molecule has 0 bridgehead atoms. The summed E-state index contributed by atoms with van der Waals surface area (Å²) in [6.07, 6.45) is 15.8. The number of aryl methyl sites for hydroxylation is 1. The second kappa shape index (κ2) is 17.8. The molecule has 0 aliphatic carbocycles. The minimum absolute atomic E-state index is 0.207. The number of nitrogens with zero attached hydrogens (tertiary/aromatic N) is 2. The van der Waals surface area contributed by atoms with Gasteiger partial charge in [0.25, 0.3) is 5.91 Å². The van der Waals surface area contributed by atoms with Gasteiger partial charge in [-0.25, -0.2) is 4.79 Å². The second-order valence-corrected chi connectivity index (χ2v) is 11.9. The third-order valence-corrected chi connectivity index (χ3v) is 8.11. The summed E-state index contributed by atoms with van der Waals surface area (Å²) in [4.78, 5) is 38.4. The van der Waals surface area contributed by atoms with Gasteiger partial charge in [-0.2, -0.15) is 10.1 Å². The van der Waals surface area contributed by atoms with Gasteiger partial charge in [0, 0.05) is 5.56 Å². The van der Waals surface area contributed by atoms with Crippen LogP contribution in [0, 0.1) is 12.8 Å². The largest absolute Gasteiger partial charge is 0.494 e. The van der Waals surface area contributed by atoms with Crippen LogP contribution in [0.1, 0.15) is 104 Å². The Balaban J connectivity index is 1.17. The number of rotatable bonds is 18. The van der Waals surface area contributed by atoms with E-state index in [2.05, 4.69) is 12.0 Å². The van der Waals surface area contributed by atoms with Gasteiger partial charge in [-0.15, -0.1) is 0 Å². The van der Waals surface area contributed by atoms with Crippen LogP contribution in [0.4, 0.5) is 5.69 Å². The molecule has 0 spiro atoms. The highest BCUT2D eigenvalue weighted by Gasteiger charge is 2.32. The Kier molecular flexibility index (Phi) is 13.3. The van der Waals surface area contributed by atoms with Gasteiger partial charge in [0.05, 0.1) is 29.5 Å². The average molecular weight is 623 g/mol. The van der Waals surface area contributed by atoms with E-state index >= 15 is 0 Å². The number of carbonyl (C=O) groups excluding carboxylic acids is 3. The number of ether oxygens (including phenoxy) is 2. The minimum Gasteiger partial charge on any atom is -0.494 e. The predicted octanol–water partition coefficient (Wildman–Crippen LogP) is 9.29. The van der Waals surface area contributed by atoms with Crippen LogP contribution in [0.15, 0.2) is 90.0 Å². The molecule has 0 radical (unpaired) electrons. The van der Waals surface area contributed by atoms with E-state index in [0.29, 0.717) is 34.9 Å². The monoisotopic (exact) mass is 622 g/mol. The molecule has 1 aliphatic rings. The van der Waals surface area contributed by atoms with Crippen molar-refractivity contribution in [1.82, 2.24) is 0 Å². The van der Waals surface area contributed by atoms with Crippen molar-refractivity contribution in [3.8, 4) is 11.5 Å². The van der Waals surface area contributed by atoms with Crippen LogP contribution in [0.3, 0.4) is 0 Å². The first kappa shape index (κ1) is 34.4. The van der Waals surface area contributed by atoms with Gasteiger partial charge in [0.15, 0.2) is 5.78 Å². The van der Waals surface area contributed by atoms with Crippen molar-refractivity contribution in [2.24, 2.45) is 11.0 Å². The molecule has 0 N–H and O–H groups in total.